The Morgan fingerprint density at radius 1 is 1.25 bits per heavy atom. The standard InChI is InChI=1S/C17H15FN2O3S/c1-3-13-6-4-8-15(10-13)20(12-17(21)19-2)24(22,23)16-9-5-7-14(18)11-16/h1,4-11H,12H2,2H3,(H,19,21). The number of sulfonamides is 1. The van der Waals surface area contributed by atoms with Crippen molar-refractivity contribution in [2.75, 3.05) is 17.9 Å². The predicted octanol–water partition coefficient (Wildman–Crippen LogP) is 1.75. The molecule has 0 saturated heterocycles. The summed E-state index contributed by atoms with van der Waals surface area (Å²) in [4.78, 5) is 11.5. The number of terminal acetylenes is 1. The highest BCUT2D eigenvalue weighted by molar-refractivity contribution is 7.92. The predicted molar refractivity (Wildman–Crippen MR) is 89.4 cm³/mol. The maximum Gasteiger partial charge on any atom is 0.264 e. The van der Waals surface area contributed by atoms with Gasteiger partial charge < -0.3 is 5.32 Å². The third kappa shape index (κ3) is 3.73. The molecule has 24 heavy (non-hydrogen) atoms. The van der Waals surface area contributed by atoms with E-state index in [1.165, 1.54) is 31.3 Å². The Kier molecular flexibility index (Phi) is 5.21. The Labute approximate surface area is 140 Å². The van der Waals surface area contributed by atoms with Crippen LogP contribution in [0.1, 0.15) is 5.56 Å². The molecule has 0 aliphatic rings. The smallest absolute Gasteiger partial charge is 0.264 e. The molecule has 0 atom stereocenters. The third-order valence-corrected chi connectivity index (χ3v) is 5.02. The van der Waals surface area contributed by atoms with Gasteiger partial charge in [0.1, 0.15) is 12.4 Å². The molecule has 0 bridgehead atoms. The van der Waals surface area contributed by atoms with Gasteiger partial charge in [0, 0.05) is 12.6 Å². The maximum absolute atomic E-state index is 13.4. The Hall–Kier alpha value is -2.85. The van der Waals surface area contributed by atoms with Crippen molar-refractivity contribution in [2.45, 2.75) is 4.90 Å². The lowest BCUT2D eigenvalue weighted by Crippen LogP contribution is -2.39. The van der Waals surface area contributed by atoms with Crippen molar-refractivity contribution in [1.82, 2.24) is 5.32 Å². The molecule has 0 unspecified atom stereocenters. The number of amides is 1. The number of benzene rings is 2. The lowest BCUT2D eigenvalue weighted by atomic mass is 10.2. The second kappa shape index (κ2) is 7.15. The Balaban J connectivity index is 2.57. The van der Waals surface area contributed by atoms with E-state index in [0.717, 1.165) is 16.4 Å². The Morgan fingerprint density at radius 2 is 1.96 bits per heavy atom. The summed E-state index contributed by atoms with van der Waals surface area (Å²) in [5, 5.41) is 2.37. The van der Waals surface area contributed by atoms with Crippen LogP contribution in [0.4, 0.5) is 10.1 Å². The van der Waals surface area contributed by atoms with Gasteiger partial charge in [0.2, 0.25) is 5.91 Å². The van der Waals surface area contributed by atoms with Crippen molar-refractivity contribution < 1.29 is 17.6 Å². The molecule has 0 saturated carbocycles. The highest BCUT2D eigenvalue weighted by Crippen LogP contribution is 2.24. The molecule has 2 aromatic rings. The molecule has 2 rings (SSSR count). The van der Waals surface area contributed by atoms with Crippen LogP contribution in [-0.4, -0.2) is 27.9 Å². The monoisotopic (exact) mass is 346 g/mol. The first kappa shape index (κ1) is 17.5. The van der Waals surface area contributed by atoms with Gasteiger partial charge in [0.25, 0.3) is 10.0 Å². The average molecular weight is 346 g/mol. The number of rotatable bonds is 5. The molecule has 0 spiro atoms. The summed E-state index contributed by atoms with van der Waals surface area (Å²) in [6, 6.07) is 10.8. The fourth-order valence-corrected chi connectivity index (χ4v) is 3.47. The SMILES string of the molecule is C#Cc1cccc(N(CC(=O)NC)S(=O)(=O)c2cccc(F)c2)c1. The van der Waals surface area contributed by atoms with Crippen LogP contribution in [0.3, 0.4) is 0 Å². The van der Waals surface area contributed by atoms with Gasteiger partial charge in [0.05, 0.1) is 10.6 Å². The molecule has 1 N–H and O–H groups in total. The van der Waals surface area contributed by atoms with E-state index >= 15 is 0 Å². The zero-order chi connectivity index (χ0) is 17.7. The molecule has 0 aliphatic carbocycles. The van der Waals surface area contributed by atoms with Gasteiger partial charge in [0.15, 0.2) is 0 Å². The number of carbonyl (C=O) groups is 1. The topological polar surface area (TPSA) is 66.5 Å². The normalized spacial score (nSPS) is 10.7. The minimum absolute atomic E-state index is 0.221. The van der Waals surface area contributed by atoms with Crippen molar-refractivity contribution in [3.63, 3.8) is 0 Å². The first-order chi connectivity index (χ1) is 11.4. The average Bonchev–Trinajstić information content (AvgIpc) is 2.59. The minimum atomic E-state index is -4.14. The number of nitrogens with zero attached hydrogens (tertiary/aromatic N) is 1. The summed E-state index contributed by atoms with van der Waals surface area (Å²) in [7, 11) is -2.75. The molecule has 0 fully saturated rings. The van der Waals surface area contributed by atoms with Crippen LogP contribution < -0.4 is 9.62 Å². The lowest BCUT2D eigenvalue weighted by Gasteiger charge is -2.24. The van der Waals surface area contributed by atoms with Gasteiger partial charge in [-0.3, -0.25) is 9.10 Å². The van der Waals surface area contributed by atoms with E-state index in [-0.39, 0.29) is 10.6 Å². The van der Waals surface area contributed by atoms with Crippen molar-refractivity contribution in [1.29, 1.82) is 0 Å². The number of nitrogens with one attached hydrogen (secondary N) is 1. The molecule has 124 valence electrons. The molecule has 1 amide bonds. The molecule has 2 aromatic carbocycles. The van der Waals surface area contributed by atoms with Crippen LogP contribution in [0.25, 0.3) is 0 Å². The fraction of sp³-hybridized carbons (Fsp3) is 0.118. The largest absolute Gasteiger partial charge is 0.358 e. The lowest BCUT2D eigenvalue weighted by molar-refractivity contribution is -0.119. The number of halogens is 1. The zero-order valence-corrected chi connectivity index (χ0v) is 13.7. The van der Waals surface area contributed by atoms with Crippen LogP contribution in [0.5, 0.6) is 0 Å². The highest BCUT2D eigenvalue weighted by Gasteiger charge is 2.27. The summed E-state index contributed by atoms with van der Waals surface area (Å²) in [5.74, 6) is 1.21. The number of likely N-dealkylation sites (N-methyl/N-ethyl adjacent to an activating group) is 1. The molecule has 5 nitrogen and oxygen atoms in total. The minimum Gasteiger partial charge on any atom is -0.358 e. The van der Waals surface area contributed by atoms with E-state index in [0.29, 0.717) is 5.56 Å². The number of hydrogen-bond acceptors (Lipinski definition) is 3. The van der Waals surface area contributed by atoms with Crippen LogP contribution >= 0.6 is 0 Å². The van der Waals surface area contributed by atoms with Crippen LogP contribution in [-0.2, 0) is 14.8 Å². The molecular weight excluding hydrogens is 331 g/mol. The quantitative estimate of drug-likeness (QED) is 0.839. The maximum atomic E-state index is 13.4. The first-order valence-corrected chi connectivity index (χ1v) is 8.38. The summed E-state index contributed by atoms with van der Waals surface area (Å²) in [6.07, 6.45) is 5.34. The number of hydrogen-bond donors (Lipinski definition) is 1. The van der Waals surface area contributed by atoms with E-state index in [1.54, 1.807) is 12.1 Å². The van der Waals surface area contributed by atoms with E-state index in [4.69, 9.17) is 6.42 Å². The van der Waals surface area contributed by atoms with Gasteiger partial charge >= 0.3 is 0 Å². The molecule has 7 heteroatoms. The van der Waals surface area contributed by atoms with E-state index in [9.17, 15) is 17.6 Å². The van der Waals surface area contributed by atoms with Crippen LogP contribution in [0.2, 0.25) is 0 Å². The van der Waals surface area contributed by atoms with E-state index in [1.807, 2.05) is 0 Å². The van der Waals surface area contributed by atoms with Gasteiger partial charge in [-0.2, -0.15) is 0 Å². The summed E-state index contributed by atoms with van der Waals surface area (Å²) in [5.41, 5.74) is 0.683. The summed E-state index contributed by atoms with van der Waals surface area (Å²) >= 11 is 0. The summed E-state index contributed by atoms with van der Waals surface area (Å²) < 4.78 is 40.0. The molecule has 0 aromatic heterocycles. The van der Waals surface area contributed by atoms with Crippen LogP contribution in [0.15, 0.2) is 53.4 Å². The Morgan fingerprint density at radius 3 is 2.58 bits per heavy atom. The second-order valence-electron chi connectivity index (χ2n) is 4.84. The molecule has 0 radical (unpaired) electrons. The van der Waals surface area contributed by atoms with Gasteiger partial charge in [-0.25, -0.2) is 12.8 Å². The van der Waals surface area contributed by atoms with Gasteiger partial charge in [-0.1, -0.05) is 18.1 Å². The van der Waals surface area contributed by atoms with Gasteiger partial charge in [-0.05, 0) is 36.4 Å². The van der Waals surface area contributed by atoms with Crippen LogP contribution in [0, 0.1) is 18.2 Å². The fourth-order valence-electron chi connectivity index (χ4n) is 2.03. The zero-order valence-electron chi connectivity index (χ0n) is 12.9. The van der Waals surface area contributed by atoms with Crippen molar-refractivity contribution in [2.24, 2.45) is 0 Å². The van der Waals surface area contributed by atoms with Crippen molar-refractivity contribution in [3.05, 3.63) is 59.9 Å². The van der Waals surface area contributed by atoms with E-state index in [2.05, 4.69) is 11.2 Å². The Bertz CT molecular complexity index is 904. The summed E-state index contributed by atoms with van der Waals surface area (Å²) in [6.45, 7) is -0.455. The highest BCUT2D eigenvalue weighted by atomic mass is 32.2. The molecule has 0 heterocycles. The number of anilines is 1. The molecular formula is C17H15FN2O3S. The first-order valence-electron chi connectivity index (χ1n) is 6.94. The van der Waals surface area contributed by atoms with Gasteiger partial charge in [-0.15, -0.1) is 6.42 Å². The van der Waals surface area contributed by atoms with Crippen molar-refractivity contribution in [3.8, 4) is 12.3 Å². The molecule has 0 aliphatic heterocycles. The second-order valence-corrected chi connectivity index (χ2v) is 6.70. The van der Waals surface area contributed by atoms with Crippen molar-refractivity contribution >= 4 is 21.6 Å². The third-order valence-electron chi connectivity index (χ3n) is 3.25. The van der Waals surface area contributed by atoms with E-state index < -0.39 is 28.3 Å². The number of carbonyl (C=O) groups excluding carboxylic acids is 1.